The lowest BCUT2D eigenvalue weighted by Gasteiger charge is -2.23. The zero-order valence-electron chi connectivity index (χ0n) is 15.1. The maximum atomic E-state index is 12.5. The summed E-state index contributed by atoms with van der Waals surface area (Å²) in [6.07, 6.45) is 6.80. The fraction of sp³-hybridized carbons (Fsp3) is 0.474. The number of carbonyl (C=O) groups is 2. The van der Waals surface area contributed by atoms with Crippen LogP contribution in [0.5, 0.6) is 0 Å². The van der Waals surface area contributed by atoms with E-state index >= 15 is 0 Å². The van der Waals surface area contributed by atoms with Crippen molar-refractivity contribution < 1.29 is 14.3 Å². The van der Waals surface area contributed by atoms with Gasteiger partial charge in [-0.3, -0.25) is 9.59 Å². The van der Waals surface area contributed by atoms with Gasteiger partial charge >= 0.3 is 5.97 Å². The summed E-state index contributed by atoms with van der Waals surface area (Å²) in [4.78, 5) is 41.4. The SMILES string of the molecule is COC(=O)c1cn(CC(=O)NC2CCCCC2)c2nc(C)ccc2c1=O. The maximum absolute atomic E-state index is 12.5. The lowest BCUT2D eigenvalue weighted by Crippen LogP contribution is -2.38. The van der Waals surface area contributed by atoms with Crippen LogP contribution in [0.1, 0.15) is 48.2 Å². The Morgan fingerprint density at radius 1 is 1.27 bits per heavy atom. The second kappa shape index (κ2) is 7.68. The van der Waals surface area contributed by atoms with Gasteiger partial charge in [-0.2, -0.15) is 0 Å². The van der Waals surface area contributed by atoms with Crippen LogP contribution in [0.4, 0.5) is 0 Å². The lowest BCUT2D eigenvalue weighted by atomic mass is 9.95. The first-order valence-corrected chi connectivity index (χ1v) is 8.88. The highest BCUT2D eigenvalue weighted by Gasteiger charge is 2.20. The van der Waals surface area contributed by atoms with Gasteiger partial charge in [0.1, 0.15) is 17.8 Å². The van der Waals surface area contributed by atoms with Crippen LogP contribution in [0.15, 0.2) is 23.1 Å². The fourth-order valence-corrected chi connectivity index (χ4v) is 3.41. The Kier molecular flexibility index (Phi) is 5.35. The van der Waals surface area contributed by atoms with Crippen molar-refractivity contribution in [1.82, 2.24) is 14.9 Å². The van der Waals surface area contributed by atoms with Gasteiger partial charge in [-0.25, -0.2) is 9.78 Å². The number of esters is 1. The summed E-state index contributed by atoms with van der Waals surface area (Å²) in [7, 11) is 1.22. The number of nitrogens with zero attached hydrogens (tertiary/aromatic N) is 2. The zero-order chi connectivity index (χ0) is 18.7. The van der Waals surface area contributed by atoms with E-state index in [0.29, 0.717) is 11.0 Å². The molecule has 0 aromatic carbocycles. The molecule has 3 rings (SSSR count). The van der Waals surface area contributed by atoms with Gasteiger partial charge in [-0.05, 0) is 31.9 Å². The first-order valence-electron chi connectivity index (χ1n) is 8.88. The van der Waals surface area contributed by atoms with E-state index in [4.69, 9.17) is 4.74 Å². The summed E-state index contributed by atoms with van der Waals surface area (Å²) in [5, 5.41) is 3.34. The molecule has 0 spiro atoms. The smallest absolute Gasteiger partial charge is 0.343 e. The van der Waals surface area contributed by atoms with Crippen LogP contribution in [0.25, 0.3) is 11.0 Å². The van der Waals surface area contributed by atoms with Crippen molar-refractivity contribution in [3.8, 4) is 0 Å². The van der Waals surface area contributed by atoms with Gasteiger partial charge in [0, 0.05) is 17.9 Å². The number of methoxy groups -OCH3 is 1. The molecular weight excluding hydrogens is 334 g/mol. The minimum atomic E-state index is -0.723. The van der Waals surface area contributed by atoms with E-state index in [0.717, 1.165) is 31.4 Å². The van der Waals surface area contributed by atoms with Gasteiger partial charge in [0.2, 0.25) is 11.3 Å². The molecule has 1 amide bonds. The number of hydrogen-bond donors (Lipinski definition) is 1. The third-order valence-corrected chi connectivity index (χ3v) is 4.75. The topological polar surface area (TPSA) is 90.3 Å². The normalized spacial score (nSPS) is 15.0. The molecular formula is C19H23N3O4. The summed E-state index contributed by atoms with van der Waals surface area (Å²) >= 11 is 0. The molecule has 1 aliphatic rings. The minimum Gasteiger partial charge on any atom is -0.465 e. The van der Waals surface area contributed by atoms with Crippen molar-refractivity contribution in [2.45, 2.75) is 51.6 Å². The monoisotopic (exact) mass is 357 g/mol. The first-order chi connectivity index (χ1) is 12.5. The second-order valence-corrected chi connectivity index (χ2v) is 6.72. The van der Waals surface area contributed by atoms with Gasteiger partial charge in [-0.1, -0.05) is 19.3 Å². The Morgan fingerprint density at radius 3 is 2.69 bits per heavy atom. The average molecular weight is 357 g/mol. The molecule has 7 nitrogen and oxygen atoms in total. The summed E-state index contributed by atoms with van der Waals surface area (Å²) in [5.41, 5.74) is 0.574. The number of rotatable bonds is 4. The summed E-state index contributed by atoms with van der Waals surface area (Å²) in [6.45, 7) is 1.80. The average Bonchev–Trinajstić information content (AvgIpc) is 2.64. The van der Waals surface area contributed by atoms with E-state index in [-0.39, 0.29) is 24.1 Å². The fourth-order valence-electron chi connectivity index (χ4n) is 3.41. The summed E-state index contributed by atoms with van der Waals surface area (Å²) < 4.78 is 6.25. The van der Waals surface area contributed by atoms with E-state index in [1.165, 1.54) is 19.7 Å². The van der Waals surface area contributed by atoms with Crippen LogP contribution >= 0.6 is 0 Å². The van der Waals surface area contributed by atoms with E-state index in [1.807, 2.05) is 6.92 Å². The largest absolute Gasteiger partial charge is 0.465 e. The van der Waals surface area contributed by atoms with Gasteiger partial charge in [0.15, 0.2) is 0 Å². The van der Waals surface area contributed by atoms with Crippen molar-refractivity contribution in [1.29, 1.82) is 0 Å². The van der Waals surface area contributed by atoms with Crippen LogP contribution in [-0.4, -0.2) is 34.6 Å². The Balaban J connectivity index is 1.96. The van der Waals surface area contributed by atoms with Gasteiger partial charge in [-0.15, -0.1) is 0 Å². The second-order valence-electron chi connectivity index (χ2n) is 6.72. The number of fused-ring (bicyclic) bond motifs is 1. The molecule has 2 aromatic heterocycles. The highest BCUT2D eigenvalue weighted by atomic mass is 16.5. The molecule has 0 bridgehead atoms. The molecule has 0 atom stereocenters. The number of hydrogen-bond acceptors (Lipinski definition) is 5. The molecule has 0 radical (unpaired) electrons. The van der Waals surface area contributed by atoms with Crippen LogP contribution < -0.4 is 10.7 Å². The van der Waals surface area contributed by atoms with Crippen molar-refractivity contribution >= 4 is 22.9 Å². The van der Waals surface area contributed by atoms with Crippen LogP contribution in [-0.2, 0) is 16.1 Å². The molecule has 2 heterocycles. The standard InChI is InChI=1S/C19H23N3O4/c1-12-8-9-14-17(24)15(19(25)26-2)10-22(18(14)20-12)11-16(23)21-13-6-4-3-5-7-13/h8-10,13H,3-7,11H2,1-2H3,(H,21,23). The summed E-state index contributed by atoms with van der Waals surface area (Å²) in [5.74, 6) is -0.875. The van der Waals surface area contributed by atoms with Gasteiger partial charge in [0.25, 0.3) is 0 Å². The van der Waals surface area contributed by atoms with E-state index in [1.54, 1.807) is 16.7 Å². The number of aryl methyl sites for hydroxylation is 1. The van der Waals surface area contributed by atoms with E-state index in [2.05, 4.69) is 10.3 Å². The Bertz CT molecular complexity index is 898. The zero-order valence-corrected chi connectivity index (χ0v) is 15.1. The molecule has 2 aromatic rings. The molecule has 1 aliphatic carbocycles. The molecule has 0 unspecified atom stereocenters. The van der Waals surface area contributed by atoms with Crippen molar-refractivity contribution in [2.24, 2.45) is 0 Å². The Morgan fingerprint density at radius 2 is 2.00 bits per heavy atom. The minimum absolute atomic E-state index is 0.00622. The highest BCUT2D eigenvalue weighted by Crippen LogP contribution is 2.17. The van der Waals surface area contributed by atoms with Crippen molar-refractivity contribution in [3.63, 3.8) is 0 Å². The molecule has 26 heavy (non-hydrogen) atoms. The lowest BCUT2D eigenvalue weighted by molar-refractivity contribution is -0.122. The Hall–Kier alpha value is -2.70. The number of aromatic nitrogens is 2. The quantitative estimate of drug-likeness (QED) is 0.845. The molecule has 0 saturated heterocycles. The van der Waals surface area contributed by atoms with Crippen LogP contribution in [0.2, 0.25) is 0 Å². The number of pyridine rings is 2. The number of carbonyl (C=O) groups excluding carboxylic acids is 2. The van der Waals surface area contributed by atoms with Crippen LogP contribution in [0, 0.1) is 6.92 Å². The van der Waals surface area contributed by atoms with E-state index < -0.39 is 11.4 Å². The van der Waals surface area contributed by atoms with Crippen molar-refractivity contribution in [3.05, 3.63) is 39.8 Å². The Labute approximate surface area is 151 Å². The highest BCUT2D eigenvalue weighted by molar-refractivity contribution is 5.93. The predicted molar refractivity (Wildman–Crippen MR) is 97.1 cm³/mol. The third-order valence-electron chi connectivity index (χ3n) is 4.75. The molecule has 1 N–H and O–H groups in total. The van der Waals surface area contributed by atoms with Crippen LogP contribution in [0.3, 0.4) is 0 Å². The molecule has 1 fully saturated rings. The molecule has 1 saturated carbocycles. The maximum Gasteiger partial charge on any atom is 0.343 e. The third kappa shape index (κ3) is 3.76. The summed E-state index contributed by atoms with van der Waals surface area (Å²) in [6, 6.07) is 3.52. The van der Waals surface area contributed by atoms with Gasteiger partial charge < -0.3 is 14.6 Å². The molecule has 138 valence electrons. The predicted octanol–water partition coefficient (Wildman–Crippen LogP) is 1.94. The first kappa shape index (κ1) is 18.1. The number of amides is 1. The number of nitrogens with one attached hydrogen (secondary N) is 1. The van der Waals surface area contributed by atoms with Crippen molar-refractivity contribution in [2.75, 3.05) is 7.11 Å². The number of ether oxygens (including phenoxy) is 1. The van der Waals surface area contributed by atoms with Gasteiger partial charge in [0.05, 0.1) is 12.5 Å². The molecule has 7 heteroatoms. The van der Waals surface area contributed by atoms with E-state index in [9.17, 15) is 14.4 Å². The molecule has 0 aliphatic heterocycles.